The standard InChI is InChI=1S/C15H17FN2OS/c1-11-5-6-12(16)8-14(11)17-15(19)10-18(2)9-13-4-3-7-20-13/h3-8H,9-10H2,1-2H3,(H,17,19). The fraction of sp³-hybridized carbons (Fsp3) is 0.267. The van der Waals surface area contributed by atoms with Gasteiger partial charge in [-0.05, 0) is 43.1 Å². The molecule has 2 aromatic rings. The molecule has 2 rings (SSSR count). The number of aryl methyl sites for hydroxylation is 1. The number of hydrogen-bond acceptors (Lipinski definition) is 3. The molecule has 20 heavy (non-hydrogen) atoms. The number of hydrogen-bond donors (Lipinski definition) is 1. The summed E-state index contributed by atoms with van der Waals surface area (Å²) in [6.45, 7) is 2.84. The Hall–Kier alpha value is -1.72. The molecule has 5 heteroatoms. The Labute approximate surface area is 122 Å². The number of nitrogens with one attached hydrogen (secondary N) is 1. The van der Waals surface area contributed by atoms with Gasteiger partial charge < -0.3 is 5.32 Å². The van der Waals surface area contributed by atoms with Crippen molar-refractivity contribution in [2.24, 2.45) is 0 Å². The molecule has 0 saturated carbocycles. The van der Waals surface area contributed by atoms with Gasteiger partial charge in [-0.2, -0.15) is 0 Å². The van der Waals surface area contributed by atoms with Crippen LogP contribution in [0.3, 0.4) is 0 Å². The molecule has 1 heterocycles. The molecular formula is C15H17FN2OS. The van der Waals surface area contributed by atoms with Crippen molar-refractivity contribution in [2.75, 3.05) is 18.9 Å². The molecule has 106 valence electrons. The molecule has 1 aromatic heterocycles. The van der Waals surface area contributed by atoms with E-state index in [1.54, 1.807) is 17.4 Å². The zero-order chi connectivity index (χ0) is 14.5. The molecule has 0 saturated heterocycles. The second-order valence-electron chi connectivity index (χ2n) is 4.76. The minimum Gasteiger partial charge on any atom is -0.325 e. The first-order valence-corrected chi connectivity index (χ1v) is 7.19. The molecule has 0 bridgehead atoms. The van der Waals surface area contributed by atoms with Crippen LogP contribution in [-0.4, -0.2) is 24.4 Å². The number of halogens is 1. The number of likely N-dealkylation sites (N-methyl/N-ethyl adjacent to an activating group) is 1. The average Bonchev–Trinajstić information content (AvgIpc) is 2.86. The van der Waals surface area contributed by atoms with Gasteiger partial charge in [-0.3, -0.25) is 9.69 Å². The van der Waals surface area contributed by atoms with E-state index < -0.39 is 0 Å². The van der Waals surface area contributed by atoms with Crippen molar-refractivity contribution in [2.45, 2.75) is 13.5 Å². The Morgan fingerprint density at radius 1 is 1.40 bits per heavy atom. The minimum atomic E-state index is -0.349. The number of carbonyl (C=O) groups is 1. The van der Waals surface area contributed by atoms with Gasteiger partial charge in [0, 0.05) is 17.1 Å². The molecule has 1 amide bonds. The van der Waals surface area contributed by atoms with Crippen LogP contribution >= 0.6 is 11.3 Å². The lowest BCUT2D eigenvalue weighted by atomic mass is 10.2. The highest BCUT2D eigenvalue weighted by molar-refractivity contribution is 7.09. The minimum absolute atomic E-state index is 0.141. The molecule has 0 unspecified atom stereocenters. The zero-order valence-electron chi connectivity index (χ0n) is 11.5. The Morgan fingerprint density at radius 3 is 2.90 bits per heavy atom. The summed E-state index contributed by atoms with van der Waals surface area (Å²) in [5, 5.41) is 4.76. The van der Waals surface area contributed by atoms with E-state index in [1.165, 1.54) is 17.0 Å². The first kappa shape index (κ1) is 14.7. The van der Waals surface area contributed by atoms with E-state index in [4.69, 9.17) is 0 Å². The number of carbonyl (C=O) groups excluding carboxylic acids is 1. The van der Waals surface area contributed by atoms with Crippen LogP contribution in [0.1, 0.15) is 10.4 Å². The fourth-order valence-corrected chi connectivity index (χ4v) is 2.67. The lowest BCUT2D eigenvalue weighted by Gasteiger charge is -2.16. The maximum absolute atomic E-state index is 13.2. The topological polar surface area (TPSA) is 32.3 Å². The number of rotatable bonds is 5. The number of nitrogens with zero attached hydrogens (tertiary/aromatic N) is 1. The molecule has 0 spiro atoms. The molecule has 0 aliphatic rings. The summed E-state index contributed by atoms with van der Waals surface area (Å²) in [5.74, 6) is -0.490. The molecule has 0 aliphatic carbocycles. The van der Waals surface area contributed by atoms with E-state index in [2.05, 4.69) is 5.32 Å². The van der Waals surface area contributed by atoms with Gasteiger partial charge in [0.15, 0.2) is 0 Å². The number of thiophene rings is 1. The molecule has 1 aromatic carbocycles. The smallest absolute Gasteiger partial charge is 0.238 e. The van der Waals surface area contributed by atoms with E-state index in [1.807, 2.05) is 36.4 Å². The normalized spacial score (nSPS) is 10.8. The van der Waals surface area contributed by atoms with Crippen LogP contribution in [0, 0.1) is 12.7 Å². The van der Waals surface area contributed by atoms with E-state index in [0.717, 1.165) is 12.1 Å². The average molecular weight is 292 g/mol. The van der Waals surface area contributed by atoms with E-state index >= 15 is 0 Å². The highest BCUT2D eigenvalue weighted by Crippen LogP contribution is 2.16. The van der Waals surface area contributed by atoms with Gasteiger partial charge in [-0.1, -0.05) is 12.1 Å². The summed E-state index contributed by atoms with van der Waals surface area (Å²) >= 11 is 1.66. The lowest BCUT2D eigenvalue weighted by Crippen LogP contribution is -2.29. The van der Waals surface area contributed by atoms with Gasteiger partial charge >= 0.3 is 0 Å². The zero-order valence-corrected chi connectivity index (χ0v) is 12.3. The van der Waals surface area contributed by atoms with Gasteiger partial charge in [0.05, 0.1) is 6.54 Å². The van der Waals surface area contributed by atoms with Gasteiger partial charge in [0.1, 0.15) is 5.82 Å². The summed E-state index contributed by atoms with van der Waals surface area (Å²) in [5.41, 5.74) is 1.38. The van der Waals surface area contributed by atoms with Crippen LogP contribution in [0.25, 0.3) is 0 Å². The fourth-order valence-electron chi connectivity index (χ4n) is 1.89. The predicted octanol–water partition coefficient (Wildman–Crippen LogP) is 3.27. The molecular weight excluding hydrogens is 275 g/mol. The molecule has 0 radical (unpaired) electrons. The molecule has 0 fully saturated rings. The third-order valence-corrected chi connectivity index (χ3v) is 3.75. The molecule has 0 atom stereocenters. The summed E-state index contributed by atoms with van der Waals surface area (Å²) in [6, 6.07) is 8.40. The van der Waals surface area contributed by atoms with Crippen molar-refractivity contribution < 1.29 is 9.18 Å². The quantitative estimate of drug-likeness (QED) is 0.917. The first-order chi connectivity index (χ1) is 9.54. The van der Waals surface area contributed by atoms with Crippen LogP contribution in [0.4, 0.5) is 10.1 Å². The van der Waals surface area contributed by atoms with Crippen molar-refractivity contribution >= 4 is 22.9 Å². The molecule has 3 nitrogen and oxygen atoms in total. The van der Waals surface area contributed by atoms with Gasteiger partial charge in [-0.25, -0.2) is 4.39 Å². The van der Waals surface area contributed by atoms with E-state index in [-0.39, 0.29) is 18.3 Å². The monoisotopic (exact) mass is 292 g/mol. The Bertz CT molecular complexity index is 584. The predicted molar refractivity (Wildman–Crippen MR) is 80.4 cm³/mol. The summed E-state index contributed by atoms with van der Waals surface area (Å²) in [6.07, 6.45) is 0. The number of anilines is 1. The maximum Gasteiger partial charge on any atom is 0.238 e. The Morgan fingerprint density at radius 2 is 2.20 bits per heavy atom. The highest BCUT2D eigenvalue weighted by Gasteiger charge is 2.09. The van der Waals surface area contributed by atoms with Crippen LogP contribution in [-0.2, 0) is 11.3 Å². The van der Waals surface area contributed by atoms with Crippen LogP contribution in [0.15, 0.2) is 35.7 Å². The van der Waals surface area contributed by atoms with Gasteiger partial charge in [0.2, 0.25) is 5.91 Å². The Balaban J connectivity index is 1.90. The van der Waals surface area contributed by atoms with Crippen LogP contribution < -0.4 is 5.32 Å². The third-order valence-electron chi connectivity index (χ3n) is 2.89. The summed E-state index contributed by atoms with van der Waals surface area (Å²) in [7, 11) is 1.89. The lowest BCUT2D eigenvalue weighted by molar-refractivity contribution is -0.117. The van der Waals surface area contributed by atoms with E-state index in [9.17, 15) is 9.18 Å². The van der Waals surface area contributed by atoms with Crippen molar-refractivity contribution in [3.63, 3.8) is 0 Å². The molecule has 0 aliphatic heterocycles. The highest BCUT2D eigenvalue weighted by atomic mass is 32.1. The largest absolute Gasteiger partial charge is 0.325 e. The van der Waals surface area contributed by atoms with Crippen molar-refractivity contribution in [1.82, 2.24) is 4.90 Å². The van der Waals surface area contributed by atoms with Gasteiger partial charge in [0.25, 0.3) is 0 Å². The molecule has 1 N–H and O–H groups in total. The Kier molecular flexibility index (Phi) is 4.87. The summed E-state index contributed by atoms with van der Waals surface area (Å²) < 4.78 is 13.2. The van der Waals surface area contributed by atoms with Gasteiger partial charge in [-0.15, -0.1) is 11.3 Å². The third kappa shape index (κ3) is 4.15. The van der Waals surface area contributed by atoms with E-state index in [0.29, 0.717) is 5.69 Å². The van der Waals surface area contributed by atoms with Crippen LogP contribution in [0.5, 0.6) is 0 Å². The summed E-state index contributed by atoms with van der Waals surface area (Å²) in [4.78, 5) is 15.1. The first-order valence-electron chi connectivity index (χ1n) is 6.31. The van der Waals surface area contributed by atoms with Crippen molar-refractivity contribution in [1.29, 1.82) is 0 Å². The van der Waals surface area contributed by atoms with Crippen LogP contribution in [0.2, 0.25) is 0 Å². The second kappa shape index (κ2) is 6.63. The maximum atomic E-state index is 13.2. The number of benzene rings is 1. The number of amides is 1. The second-order valence-corrected chi connectivity index (χ2v) is 5.79. The van der Waals surface area contributed by atoms with Crippen molar-refractivity contribution in [3.05, 3.63) is 52.0 Å². The van der Waals surface area contributed by atoms with Crippen molar-refractivity contribution in [3.8, 4) is 0 Å². The SMILES string of the molecule is Cc1ccc(F)cc1NC(=O)CN(C)Cc1cccs1.